The van der Waals surface area contributed by atoms with E-state index in [1.807, 2.05) is 0 Å². The van der Waals surface area contributed by atoms with Gasteiger partial charge >= 0.3 is 0 Å². The quantitative estimate of drug-likeness (QED) is 0.716. The lowest BCUT2D eigenvalue weighted by Crippen LogP contribution is -2.35. The van der Waals surface area contributed by atoms with Crippen LogP contribution in [0.5, 0.6) is 5.75 Å². The number of rotatable bonds is 5. The van der Waals surface area contributed by atoms with Crippen molar-refractivity contribution in [2.75, 3.05) is 31.2 Å². The van der Waals surface area contributed by atoms with Gasteiger partial charge in [-0.25, -0.2) is 8.42 Å². The molecule has 3 N–H and O–H groups in total. The number of amides is 1. The molecule has 0 unspecified atom stereocenters. The number of piperidine rings is 1. The third kappa shape index (κ3) is 4.76. The van der Waals surface area contributed by atoms with Crippen LogP contribution in [0, 0.1) is 0 Å². The highest BCUT2D eigenvalue weighted by molar-refractivity contribution is 7.89. The first kappa shape index (κ1) is 22.0. The van der Waals surface area contributed by atoms with Gasteiger partial charge in [-0.2, -0.15) is 4.31 Å². The van der Waals surface area contributed by atoms with Crippen LogP contribution in [0.4, 0.5) is 11.4 Å². The second kappa shape index (κ2) is 9.27. The maximum absolute atomic E-state index is 12.8. The topological polar surface area (TPSA) is 102 Å². The second-order valence-corrected chi connectivity index (χ2v) is 8.34. The fourth-order valence-electron chi connectivity index (χ4n) is 3.07. The molecule has 1 fully saturated rings. The van der Waals surface area contributed by atoms with Gasteiger partial charge in [0, 0.05) is 24.3 Å². The van der Waals surface area contributed by atoms with Crippen molar-refractivity contribution in [3.8, 4) is 5.75 Å². The van der Waals surface area contributed by atoms with Crippen LogP contribution in [0.25, 0.3) is 0 Å². The summed E-state index contributed by atoms with van der Waals surface area (Å²) in [5.74, 6) is 0.109. The molecule has 9 heteroatoms. The van der Waals surface area contributed by atoms with E-state index in [4.69, 9.17) is 10.5 Å². The Morgan fingerprint density at radius 1 is 1.11 bits per heavy atom. The van der Waals surface area contributed by atoms with E-state index in [1.54, 1.807) is 30.3 Å². The van der Waals surface area contributed by atoms with Crippen LogP contribution in [0.15, 0.2) is 47.4 Å². The first-order chi connectivity index (χ1) is 12.9. The standard InChI is InChI=1S/C19H23N3O4S.ClH/c1-26-18-9-8-15(13-17(18)20)21-19(23)14-6-5-7-16(12-14)27(24,25)22-10-3-2-4-11-22;/h5-9,12-13H,2-4,10-11,20H2,1H3,(H,21,23);1H. The van der Waals surface area contributed by atoms with Gasteiger partial charge < -0.3 is 15.8 Å². The van der Waals surface area contributed by atoms with E-state index in [2.05, 4.69) is 5.32 Å². The number of halogens is 1. The van der Waals surface area contributed by atoms with E-state index in [0.717, 1.165) is 19.3 Å². The van der Waals surface area contributed by atoms with E-state index in [-0.39, 0.29) is 22.9 Å². The van der Waals surface area contributed by atoms with Gasteiger partial charge in [-0.3, -0.25) is 4.79 Å². The Hall–Kier alpha value is -2.29. The molecule has 28 heavy (non-hydrogen) atoms. The average molecular weight is 426 g/mol. The molecule has 1 heterocycles. The number of sulfonamides is 1. The predicted octanol–water partition coefficient (Wildman–Crippen LogP) is 3.13. The van der Waals surface area contributed by atoms with Gasteiger partial charge in [-0.1, -0.05) is 12.5 Å². The number of nitrogens with one attached hydrogen (secondary N) is 1. The number of hydrogen-bond donors (Lipinski definition) is 2. The van der Waals surface area contributed by atoms with Crippen LogP contribution in [-0.2, 0) is 10.0 Å². The van der Waals surface area contributed by atoms with Gasteiger partial charge in [0.15, 0.2) is 0 Å². The van der Waals surface area contributed by atoms with Crippen molar-refractivity contribution in [2.45, 2.75) is 24.2 Å². The van der Waals surface area contributed by atoms with Crippen molar-refractivity contribution in [2.24, 2.45) is 0 Å². The van der Waals surface area contributed by atoms with Gasteiger partial charge in [0.25, 0.3) is 5.91 Å². The highest BCUT2D eigenvalue weighted by Crippen LogP contribution is 2.25. The van der Waals surface area contributed by atoms with E-state index < -0.39 is 15.9 Å². The number of carbonyl (C=O) groups excluding carboxylic acids is 1. The zero-order valence-electron chi connectivity index (χ0n) is 15.6. The van der Waals surface area contributed by atoms with Gasteiger partial charge in [-0.05, 0) is 49.2 Å². The number of nitrogen functional groups attached to an aromatic ring is 1. The van der Waals surface area contributed by atoms with Crippen LogP contribution < -0.4 is 15.8 Å². The molecule has 2 aromatic rings. The van der Waals surface area contributed by atoms with E-state index in [0.29, 0.717) is 30.2 Å². The zero-order chi connectivity index (χ0) is 19.4. The number of ether oxygens (including phenoxy) is 1. The van der Waals surface area contributed by atoms with Crippen molar-refractivity contribution >= 4 is 39.7 Å². The summed E-state index contributed by atoms with van der Waals surface area (Å²) in [5, 5.41) is 2.73. The molecule has 1 amide bonds. The number of hydrogen-bond acceptors (Lipinski definition) is 5. The summed E-state index contributed by atoms with van der Waals surface area (Å²) in [7, 11) is -2.08. The summed E-state index contributed by atoms with van der Waals surface area (Å²) in [6, 6.07) is 11.0. The fourth-order valence-corrected chi connectivity index (χ4v) is 4.63. The van der Waals surface area contributed by atoms with Gasteiger partial charge in [-0.15, -0.1) is 12.4 Å². The minimum absolute atomic E-state index is 0. The van der Waals surface area contributed by atoms with Crippen molar-refractivity contribution in [3.05, 3.63) is 48.0 Å². The Kier molecular flexibility index (Phi) is 7.29. The summed E-state index contributed by atoms with van der Waals surface area (Å²) in [6.07, 6.45) is 2.76. The molecular formula is C19H24ClN3O4S. The lowest BCUT2D eigenvalue weighted by Gasteiger charge is -2.26. The normalized spacial score (nSPS) is 14.8. The molecule has 2 aromatic carbocycles. The van der Waals surface area contributed by atoms with Crippen LogP contribution in [0.2, 0.25) is 0 Å². The molecule has 0 aromatic heterocycles. The molecule has 0 radical (unpaired) electrons. The Morgan fingerprint density at radius 3 is 2.46 bits per heavy atom. The minimum Gasteiger partial charge on any atom is -0.495 e. The molecule has 0 bridgehead atoms. The van der Waals surface area contributed by atoms with Crippen LogP contribution in [0.3, 0.4) is 0 Å². The number of carbonyl (C=O) groups is 1. The first-order valence-electron chi connectivity index (χ1n) is 8.77. The summed E-state index contributed by atoms with van der Waals surface area (Å²) < 4.78 is 32.2. The smallest absolute Gasteiger partial charge is 0.255 e. The van der Waals surface area contributed by atoms with Crippen LogP contribution in [0.1, 0.15) is 29.6 Å². The maximum Gasteiger partial charge on any atom is 0.255 e. The molecule has 1 saturated heterocycles. The molecule has 0 atom stereocenters. The van der Waals surface area contributed by atoms with Gasteiger partial charge in [0.2, 0.25) is 10.0 Å². The Balaban J connectivity index is 0.00000280. The highest BCUT2D eigenvalue weighted by Gasteiger charge is 2.26. The Labute approximate surface area is 171 Å². The number of nitrogens with two attached hydrogens (primary N) is 1. The highest BCUT2D eigenvalue weighted by atomic mass is 35.5. The lowest BCUT2D eigenvalue weighted by atomic mass is 10.2. The first-order valence-corrected chi connectivity index (χ1v) is 10.2. The van der Waals surface area contributed by atoms with E-state index in [1.165, 1.54) is 23.5 Å². The predicted molar refractivity (Wildman–Crippen MR) is 112 cm³/mol. The molecule has 1 aliphatic rings. The van der Waals surface area contributed by atoms with Crippen molar-refractivity contribution in [1.29, 1.82) is 0 Å². The SMILES string of the molecule is COc1ccc(NC(=O)c2cccc(S(=O)(=O)N3CCCCC3)c2)cc1N.Cl. The Morgan fingerprint density at radius 2 is 1.82 bits per heavy atom. The Bertz CT molecular complexity index is 944. The molecule has 7 nitrogen and oxygen atoms in total. The van der Waals surface area contributed by atoms with Crippen molar-refractivity contribution in [3.63, 3.8) is 0 Å². The average Bonchev–Trinajstić information content (AvgIpc) is 2.69. The van der Waals surface area contributed by atoms with Crippen LogP contribution >= 0.6 is 12.4 Å². The third-order valence-corrected chi connectivity index (χ3v) is 6.43. The van der Waals surface area contributed by atoms with Gasteiger partial charge in [0.1, 0.15) is 5.75 Å². The minimum atomic E-state index is -3.59. The molecular weight excluding hydrogens is 402 g/mol. The maximum atomic E-state index is 12.8. The summed E-state index contributed by atoms with van der Waals surface area (Å²) in [5.41, 5.74) is 7.02. The van der Waals surface area contributed by atoms with Crippen molar-refractivity contribution in [1.82, 2.24) is 4.31 Å². The van der Waals surface area contributed by atoms with E-state index >= 15 is 0 Å². The summed E-state index contributed by atoms with van der Waals surface area (Å²) in [6.45, 7) is 1.04. The monoisotopic (exact) mass is 425 g/mol. The zero-order valence-corrected chi connectivity index (χ0v) is 17.2. The third-order valence-electron chi connectivity index (χ3n) is 4.54. The number of anilines is 2. The molecule has 152 valence electrons. The lowest BCUT2D eigenvalue weighted by molar-refractivity contribution is 0.102. The van der Waals surface area contributed by atoms with E-state index in [9.17, 15) is 13.2 Å². The van der Waals surface area contributed by atoms with Crippen molar-refractivity contribution < 1.29 is 17.9 Å². The fraction of sp³-hybridized carbons (Fsp3) is 0.316. The van der Waals surface area contributed by atoms with Gasteiger partial charge in [0.05, 0.1) is 17.7 Å². The number of benzene rings is 2. The molecule has 0 aliphatic carbocycles. The summed E-state index contributed by atoms with van der Waals surface area (Å²) >= 11 is 0. The molecule has 3 rings (SSSR count). The molecule has 0 saturated carbocycles. The number of nitrogens with zero attached hydrogens (tertiary/aromatic N) is 1. The molecule has 1 aliphatic heterocycles. The largest absolute Gasteiger partial charge is 0.495 e. The number of methoxy groups -OCH3 is 1. The second-order valence-electron chi connectivity index (χ2n) is 6.40. The molecule has 0 spiro atoms. The van der Waals surface area contributed by atoms with Crippen LogP contribution in [-0.4, -0.2) is 38.8 Å². The summed E-state index contributed by atoms with van der Waals surface area (Å²) in [4.78, 5) is 12.7.